The monoisotopic (exact) mass is 714 g/mol. The van der Waals surface area contributed by atoms with Crippen LogP contribution in [0.2, 0.25) is 0 Å². The van der Waals surface area contributed by atoms with Crippen LogP contribution in [0.3, 0.4) is 0 Å². The van der Waals surface area contributed by atoms with Crippen LogP contribution in [-0.4, -0.2) is 66.1 Å². The highest BCUT2D eigenvalue weighted by Crippen LogP contribution is 2.42. The maximum atomic E-state index is 13.4. The summed E-state index contributed by atoms with van der Waals surface area (Å²) in [5.74, 6) is -1.32. The molecule has 0 radical (unpaired) electrons. The highest BCUT2D eigenvalue weighted by molar-refractivity contribution is 6.09. The summed E-state index contributed by atoms with van der Waals surface area (Å²) in [6, 6.07) is 23.4. The number of anilines is 2. The summed E-state index contributed by atoms with van der Waals surface area (Å²) in [6.45, 7) is 8.06. The van der Waals surface area contributed by atoms with Gasteiger partial charge in [0.05, 0.1) is 24.4 Å². The highest BCUT2D eigenvalue weighted by atomic mass is 16.4. The van der Waals surface area contributed by atoms with Gasteiger partial charge in [-0.3, -0.25) is 9.59 Å². The number of benzene rings is 4. The van der Waals surface area contributed by atoms with Crippen molar-refractivity contribution in [2.24, 2.45) is 0 Å². The average Bonchev–Trinajstić information content (AvgIpc) is 3.60. The van der Waals surface area contributed by atoms with Crippen molar-refractivity contribution in [2.45, 2.75) is 45.7 Å². The lowest BCUT2D eigenvalue weighted by Gasteiger charge is -2.20. The molecular weight excluding hydrogens is 670 g/mol. The van der Waals surface area contributed by atoms with E-state index in [2.05, 4.69) is 41.7 Å². The van der Waals surface area contributed by atoms with E-state index in [0.29, 0.717) is 33.9 Å². The van der Waals surface area contributed by atoms with Gasteiger partial charge in [0.25, 0.3) is 5.91 Å². The van der Waals surface area contributed by atoms with Crippen molar-refractivity contribution in [1.29, 1.82) is 0 Å². The van der Waals surface area contributed by atoms with Crippen LogP contribution in [0.4, 0.5) is 11.4 Å². The summed E-state index contributed by atoms with van der Waals surface area (Å²) in [6.07, 6.45) is 1.60. The van der Waals surface area contributed by atoms with E-state index in [4.69, 9.17) is 4.42 Å². The zero-order chi connectivity index (χ0) is 38.2. The molecule has 3 aromatic carbocycles. The van der Waals surface area contributed by atoms with Crippen LogP contribution < -0.4 is 25.5 Å². The van der Waals surface area contributed by atoms with E-state index in [-0.39, 0.29) is 29.0 Å². The number of carbonyl (C=O) groups is 3. The molecule has 3 N–H and O–H groups in total. The molecule has 53 heavy (non-hydrogen) atoms. The van der Waals surface area contributed by atoms with Crippen LogP contribution in [0.5, 0.6) is 0 Å². The molecule has 0 saturated heterocycles. The number of rotatable bonds is 9. The Kier molecular flexibility index (Phi) is 9.90. The zero-order valence-corrected chi connectivity index (χ0v) is 31.2. The topological polar surface area (TPSA) is 146 Å². The summed E-state index contributed by atoms with van der Waals surface area (Å²) in [7, 11) is 7.76. The Morgan fingerprint density at radius 2 is 1.72 bits per heavy atom. The van der Waals surface area contributed by atoms with Gasteiger partial charge in [0.2, 0.25) is 11.3 Å². The molecule has 12 nitrogen and oxygen atoms in total. The SMILES string of the molecule is CC(C(=O)Nc1cccc(C(C)(C)C)c1)n1cc(CNC(=O)c2ccc(-c3c4ccc(=[N+](C)C)cc-4oc4cc(N(C)C)ccc34)c(C(=O)O)c2)nn1. The number of aromatic nitrogens is 3. The van der Waals surface area contributed by atoms with E-state index in [1.54, 1.807) is 25.3 Å². The van der Waals surface area contributed by atoms with Crippen molar-refractivity contribution in [3.63, 3.8) is 0 Å². The number of fused-ring (bicyclic) bond motifs is 2. The van der Waals surface area contributed by atoms with E-state index in [0.717, 1.165) is 27.6 Å². The minimum Gasteiger partial charge on any atom is -0.478 e. The lowest BCUT2D eigenvalue weighted by Crippen LogP contribution is -2.24. The first-order valence-electron chi connectivity index (χ1n) is 17.3. The number of hydrogen-bond acceptors (Lipinski definition) is 7. The van der Waals surface area contributed by atoms with E-state index < -0.39 is 17.9 Å². The third-order valence-electron chi connectivity index (χ3n) is 9.26. The molecule has 0 bridgehead atoms. The van der Waals surface area contributed by atoms with Crippen LogP contribution in [0.15, 0.2) is 89.5 Å². The largest absolute Gasteiger partial charge is 0.478 e. The summed E-state index contributed by atoms with van der Waals surface area (Å²) >= 11 is 0. The third kappa shape index (κ3) is 7.67. The molecule has 2 heterocycles. The molecule has 4 aromatic rings. The minimum absolute atomic E-state index is 0.0167. The second kappa shape index (κ2) is 14.4. The standard InChI is InChI=1S/C41H43N7O5/c1-24(38(49)43-27-11-9-10-26(19-27)41(2,3)4)48-23-28(44-45-48)22-42-39(50)25-12-15-31(34(18-25)40(51)52)37-32-16-13-29(46(5)6)20-35(32)53-36-21-30(47(7)8)14-17-33(36)37/h9-21,23-24H,22H2,1-8H3,(H2-,42,43,49,50,51,52)/p+1. The Balaban J connectivity index is 1.24. The van der Waals surface area contributed by atoms with Gasteiger partial charge in [-0.2, -0.15) is 0 Å². The smallest absolute Gasteiger partial charge is 0.336 e. The first-order valence-corrected chi connectivity index (χ1v) is 17.3. The molecule has 6 rings (SSSR count). The number of carboxylic acid groups (broad SMARTS) is 1. The number of nitrogens with zero attached hydrogens (tertiary/aromatic N) is 5. The van der Waals surface area contributed by atoms with Gasteiger partial charge in [0, 0.05) is 59.7 Å². The molecule has 1 aliphatic carbocycles. The molecule has 0 fully saturated rings. The summed E-state index contributed by atoms with van der Waals surface area (Å²) < 4.78 is 9.80. The first-order chi connectivity index (χ1) is 25.1. The zero-order valence-electron chi connectivity index (χ0n) is 31.2. The Bertz CT molecular complexity index is 2410. The number of aromatic carboxylic acids is 1. The van der Waals surface area contributed by atoms with Crippen molar-refractivity contribution in [3.8, 4) is 22.5 Å². The molecule has 0 spiro atoms. The molecule has 0 saturated carbocycles. The molecule has 2 aliphatic rings. The van der Waals surface area contributed by atoms with Gasteiger partial charge in [0.15, 0.2) is 0 Å². The number of nitrogens with one attached hydrogen (secondary N) is 2. The molecule has 1 atom stereocenters. The Morgan fingerprint density at radius 3 is 2.42 bits per heavy atom. The fourth-order valence-corrected chi connectivity index (χ4v) is 6.08. The number of hydrogen-bond donors (Lipinski definition) is 3. The maximum Gasteiger partial charge on any atom is 0.336 e. The predicted octanol–water partition coefficient (Wildman–Crippen LogP) is 6.02. The molecular formula is C41H44N7O5+. The van der Waals surface area contributed by atoms with Crippen molar-refractivity contribution in [3.05, 3.63) is 113 Å². The Morgan fingerprint density at radius 1 is 0.962 bits per heavy atom. The highest BCUT2D eigenvalue weighted by Gasteiger charge is 2.24. The Labute approximate surface area is 307 Å². The summed E-state index contributed by atoms with van der Waals surface area (Å²) in [5.41, 5.74) is 5.71. The fourth-order valence-electron chi connectivity index (χ4n) is 6.08. The molecule has 1 unspecified atom stereocenters. The quantitative estimate of drug-likeness (QED) is 0.122. The number of carbonyl (C=O) groups excluding carboxylic acids is 2. The second-order valence-electron chi connectivity index (χ2n) is 14.6. The van der Waals surface area contributed by atoms with Crippen molar-refractivity contribution >= 4 is 40.1 Å². The van der Waals surface area contributed by atoms with E-state index in [1.165, 1.54) is 10.7 Å². The van der Waals surface area contributed by atoms with Crippen molar-refractivity contribution in [2.75, 3.05) is 38.4 Å². The van der Waals surface area contributed by atoms with Gasteiger partial charge >= 0.3 is 5.97 Å². The van der Waals surface area contributed by atoms with E-state index >= 15 is 0 Å². The molecule has 1 aromatic heterocycles. The summed E-state index contributed by atoms with van der Waals surface area (Å²) in [4.78, 5) is 41.2. The van der Waals surface area contributed by atoms with Crippen LogP contribution in [0, 0.1) is 0 Å². The van der Waals surface area contributed by atoms with Gasteiger partial charge < -0.3 is 25.1 Å². The third-order valence-corrected chi connectivity index (χ3v) is 9.26. The fraction of sp³-hybridized carbons (Fsp3) is 0.268. The van der Waals surface area contributed by atoms with Gasteiger partial charge in [-0.1, -0.05) is 44.2 Å². The van der Waals surface area contributed by atoms with Crippen LogP contribution in [0.25, 0.3) is 33.4 Å². The maximum absolute atomic E-state index is 13.4. The van der Waals surface area contributed by atoms with Crippen molar-refractivity contribution < 1.29 is 23.9 Å². The van der Waals surface area contributed by atoms with E-state index in [9.17, 15) is 19.5 Å². The second-order valence-corrected chi connectivity index (χ2v) is 14.6. The van der Waals surface area contributed by atoms with Crippen LogP contribution in [0.1, 0.15) is 65.7 Å². The van der Waals surface area contributed by atoms with E-state index in [1.807, 2.05) is 98.3 Å². The molecule has 2 amide bonds. The minimum atomic E-state index is -1.17. The van der Waals surface area contributed by atoms with Gasteiger partial charge in [-0.15, -0.1) is 5.10 Å². The molecule has 1 aliphatic heterocycles. The Hall–Kier alpha value is -6.30. The van der Waals surface area contributed by atoms with Crippen LogP contribution in [-0.2, 0) is 16.8 Å². The van der Waals surface area contributed by atoms with Crippen LogP contribution >= 0.6 is 0 Å². The number of amides is 2. The molecule has 272 valence electrons. The lowest BCUT2D eigenvalue weighted by molar-refractivity contribution is -0.119. The normalized spacial score (nSPS) is 12.1. The average molecular weight is 715 g/mol. The molecule has 12 heteroatoms. The van der Waals surface area contributed by atoms with Gasteiger partial charge in [-0.25, -0.2) is 14.1 Å². The van der Waals surface area contributed by atoms with Gasteiger partial charge in [-0.05, 0) is 65.9 Å². The predicted molar refractivity (Wildman–Crippen MR) is 206 cm³/mol. The van der Waals surface area contributed by atoms with Gasteiger partial charge in [0.1, 0.15) is 37.2 Å². The first kappa shape index (κ1) is 36.5. The number of carboxylic acids is 1. The lowest BCUT2D eigenvalue weighted by atomic mass is 9.87. The van der Waals surface area contributed by atoms with Crippen molar-refractivity contribution in [1.82, 2.24) is 24.9 Å². The summed E-state index contributed by atoms with van der Waals surface area (Å²) in [5, 5.41) is 26.1.